The molecule has 2 heterocycles. The van der Waals surface area contributed by atoms with Crippen molar-refractivity contribution in [3.63, 3.8) is 0 Å². The van der Waals surface area contributed by atoms with Crippen molar-refractivity contribution in [3.05, 3.63) is 35.9 Å². The lowest BCUT2D eigenvalue weighted by Gasteiger charge is -2.26. The summed E-state index contributed by atoms with van der Waals surface area (Å²) < 4.78 is 69.7. The molecule has 1 fully saturated rings. The van der Waals surface area contributed by atoms with Crippen LogP contribution in [0.1, 0.15) is 22.7 Å². The van der Waals surface area contributed by atoms with E-state index in [9.17, 15) is 22.0 Å². The smallest absolute Gasteiger partial charge is 0.319 e. The van der Waals surface area contributed by atoms with Gasteiger partial charge in [-0.2, -0.15) is 13.1 Å². The number of hydrogen-bond acceptors (Lipinski definition) is 7. The summed E-state index contributed by atoms with van der Waals surface area (Å²) in [6.07, 6.45) is 2.45. The molecule has 13 heteroatoms. The highest BCUT2D eigenvalue weighted by Gasteiger charge is 2.30. The van der Waals surface area contributed by atoms with Gasteiger partial charge in [0.2, 0.25) is 10.0 Å². The van der Waals surface area contributed by atoms with E-state index in [1.807, 2.05) is 0 Å². The number of halogens is 2. The summed E-state index contributed by atoms with van der Waals surface area (Å²) in [7, 11) is -1.25. The Morgan fingerprint density at radius 1 is 1.25 bits per heavy atom. The van der Waals surface area contributed by atoms with E-state index in [0.717, 1.165) is 6.20 Å². The first-order valence-electron chi connectivity index (χ1n) is 9.71. The quantitative estimate of drug-likeness (QED) is 0.583. The van der Waals surface area contributed by atoms with Crippen LogP contribution in [0.3, 0.4) is 0 Å². The van der Waals surface area contributed by atoms with Crippen molar-refractivity contribution < 1.29 is 36.2 Å². The van der Waals surface area contributed by atoms with Gasteiger partial charge in [-0.1, -0.05) is 0 Å². The molecule has 0 unspecified atom stereocenters. The highest BCUT2D eigenvalue weighted by atomic mass is 32.2. The number of morpholine rings is 1. The molecule has 1 aromatic heterocycles. The lowest BCUT2D eigenvalue weighted by Crippen LogP contribution is -2.40. The predicted molar refractivity (Wildman–Crippen MR) is 109 cm³/mol. The summed E-state index contributed by atoms with van der Waals surface area (Å²) in [6.45, 7) is -1.82. The Morgan fingerprint density at radius 3 is 2.59 bits per heavy atom. The number of hydrogen-bond donors (Lipinski definition) is 1. The zero-order valence-corrected chi connectivity index (χ0v) is 18.4. The minimum absolute atomic E-state index is 0.00548. The van der Waals surface area contributed by atoms with Gasteiger partial charge in [-0.25, -0.2) is 13.4 Å². The molecule has 10 nitrogen and oxygen atoms in total. The second kappa shape index (κ2) is 10.2. The lowest BCUT2D eigenvalue weighted by molar-refractivity contribution is 0.0670. The number of benzene rings is 1. The van der Waals surface area contributed by atoms with Gasteiger partial charge in [-0.3, -0.25) is 9.36 Å². The molecule has 0 atom stereocenters. The third kappa shape index (κ3) is 5.00. The normalized spacial score (nSPS) is 15.0. The Morgan fingerprint density at radius 2 is 1.97 bits per heavy atom. The van der Waals surface area contributed by atoms with Gasteiger partial charge < -0.3 is 19.5 Å². The minimum Gasteiger partial charge on any atom is -0.493 e. The molecule has 176 valence electrons. The zero-order chi connectivity index (χ0) is 23.3. The molecule has 0 spiro atoms. The fraction of sp³-hybridized carbons (Fsp3) is 0.474. The zero-order valence-electron chi connectivity index (χ0n) is 17.6. The Hall–Kier alpha value is -2.77. The average molecular weight is 474 g/mol. The summed E-state index contributed by atoms with van der Waals surface area (Å²) in [5.74, 6) is -0.414. The van der Waals surface area contributed by atoms with Crippen LogP contribution in [0.5, 0.6) is 11.5 Å². The predicted octanol–water partition coefficient (Wildman–Crippen LogP) is 1.29. The number of aromatic nitrogens is 2. The molecule has 1 aromatic carbocycles. The van der Waals surface area contributed by atoms with Crippen molar-refractivity contribution in [2.45, 2.75) is 17.9 Å². The van der Waals surface area contributed by atoms with Crippen molar-refractivity contribution in [2.75, 3.05) is 47.1 Å². The Bertz CT molecular complexity index is 1050. The first-order valence-corrected chi connectivity index (χ1v) is 11.2. The van der Waals surface area contributed by atoms with E-state index in [1.54, 1.807) is 0 Å². The number of nitrogens with zero attached hydrogens (tertiary/aromatic N) is 3. The standard InChI is InChI=1S/C19H24F2N4O6S/c1-29-15-12-13(32(27,28)24-7-9-31-10-8-24)11-14(17(15)30-2)18(26)23-4-3-16-22-5-6-25(16)19(20)21/h5-6,11-12,19H,3-4,7-10H2,1-2H3,(H,23,26). The Kier molecular flexibility index (Phi) is 7.64. The third-order valence-corrected chi connectivity index (χ3v) is 6.77. The van der Waals surface area contributed by atoms with Crippen LogP contribution in [0.25, 0.3) is 0 Å². The van der Waals surface area contributed by atoms with E-state index in [2.05, 4.69) is 10.3 Å². The molecule has 0 saturated carbocycles. The highest BCUT2D eigenvalue weighted by molar-refractivity contribution is 7.89. The average Bonchev–Trinajstić information content (AvgIpc) is 3.27. The number of methoxy groups -OCH3 is 2. The van der Waals surface area contributed by atoms with Gasteiger partial charge in [0.25, 0.3) is 5.91 Å². The summed E-state index contributed by atoms with van der Waals surface area (Å²) in [5, 5.41) is 2.59. The highest BCUT2D eigenvalue weighted by Crippen LogP contribution is 2.35. The van der Waals surface area contributed by atoms with Gasteiger partial charge in [0, 0.05) is 44.5 Å². The lowest BCUT2D eigenvalue weighted by atomic mass is 10.1. The van der Waals surface area contributed by atoms with Crippen LogP contribution in [0.2, 0.25) is 0 Å². The van der Waals surface area contributed by atoms with Crippen LogP contribution >= 0.6 is 0 Å². The number of sulfonamides is 1. The van der Waals surface area contributed by atoms with Crippen molar-refractivity contribution in [2.24, 2.45) is 0 Å². The number of alkyl halides is 2. The fourth-order valence-electron chi connectivity index (χ4n) is 3.29. The SMILES string of the molecule is COc1cc(S(=O)(=O)N2CCOCC2)cc(C(=O)NCCc2nccn2C(F)F)c1OC. The Labute approximate surface area is 184 Å². The van der Waals surface area contributed by atoms with Gasteiger partial charge in [-0.05, 0) is 6.07 Å². The Balaban J connectivity index is 1.84. The summed E-state index contributed by atoms with van der Waals surface area (Å²) in [5.41, 5.74) is -0.0594. The van der Waals surface area contributed by atoms with E-state index in [1.165, 1.54) is 36.9 Å². The van der Waals surface area contributed by atoms with E-state index in [0.29, 0.717) is 4.57 Å². The number of carbonyl (C=O) groups excluding carboxylic acids is 1. The maximum absolute atomic E-state index is 13.1. The second-order valence-electron chi connectivity index (χ2n) is 6.76. The first-order chi connectivity index (χ1) is 15.3. The molecular weight excluding hydrogens is 450 g/mol. The van der Waals surface area contributed by atoms with E-state index in [-0.39, 0.29) is 67.1 Å². The molecule has 1 saturated heterocycles. The van der Waals surface area contributed by atoms with E-state index in [4.69, 9.17) is 14.2 Å². The molecule has 0 bridgehead atoms. The molecule has 1 aliphatic heterocycles. The van der Waals surface area contributed by atoms with Gasteiger partial charge in [0.05, 0.1) is 37.9 Å². The van der Waals surface area contributed by atoms with Gasteiger partial charge in [0.15, 0.2) is 11.5 Å². The van der Waals surface area contributed by atoms with Crippen LogP contribution < -0.4 is 14.8 Å². The van der Waals surface area contributed by atoms with Gasteiger partial charge in [0.1, 0.15) is 5.82 Å². The summed E-state index contributed by atoms with van der Waals surface area (Å²) in [4.78, 5) is 16.6. The van der Waals surface area contributed by atoms with Crippen molar-refractivity contribution in [3.8, 4) is 11.5 Å². The molecule has 1 N–H and O–H groups in total. The van der Waals surface area contributed by atoms with Crippen LogP contribution in [0.4, 0.5) is 8.78 Å². The molecule has 2 aromatic rings. The molecular formula is C19H24F2N4O6S. The largest absolute Gasteiger partial charge is 0.493 e. The van der Waals surface area contributed by atoms with Crippen LogP contribution in [0.15, 0.2) is 29.4 Å². The maximum atomic E-state index is 13.1. The molecule has 3 rings (SSSR count). The third-order valence-electron chi connectivity index (χ3n) is 4.90. The fourth-order valence-corrected chi connectivity index (χ4v) is 4.74. The molecule has 0 radical (unpaired) electrons. The molecule has 1 amide bonds. The molecule has 1 aliphatic rings. The molecule has 32 heavy (non-hydrogen) atoms. The number of nitrogens with one attached hydrogen (secondary N) is 1. The van der Waals surface area contributed by atoms with E-state index < -0.39 is 22.5 Å². The monoisotopic (exact) mass is 474 g/mol. The minimum atomic E-state index is -3.91. The number of ether oxygens (including phenoxy) is 3. The van der Waals surface area contributed by atoms with Crippen molar-refractivity contribution >= 4 is 15.9 Å². The number of carbonyl (C=O) groups is 1. The maximum Gasteiger partial charge on any atom is 0.319 e. The van der Waals surface area contributed by atoms with Crippen molar-refractivity contribution in [1.29, 1.82) is 0 Å². The number of imidazole rings is 1. The van der Waals surface area contributed by atoms with Crippen LogP contribution in [0, 0.1) is 0 Å². The van der Waals surface area contributed by atoms with Crippen LogP contribution in [-0.4, -0.2) is 75.2 Å². The summed E-state index contributed by atoms with van der Waals surface area (Å²) >= 11 is 0. The summed E-state index contributed by atoms with van der Waals surface area (Å²) in [6, 6.07) is 2.50. The second-order valence-corrected chi connectivity index (χ2v) is 8.70. The molecule has 0 aliphatic carbocycles. The van der Waals surface area contributed by atoms with Gasteiger partial charge >= 0.3 is 6.55 Å². The van der Waals surface area contributed by atoms with Gasteiger partial charge in [-0.15, -0.1) is 0 Å². The topological polar surface area (TPSA) is 112 Å². The number of rotatable bonds is 9. The van der Waals surface area contributed by atoms with Crippen molar-refractivity contribution in [1.82, 2.24) is 19.2 Å². The first kappa shape index (κ1) is 23.9. The van der Waals surface area contributed by atoms with E-state index >= 15 is 0 Å². The number of amides is 1. The van der Waals surface area contributed by atoms with Crippen LogP contribution in [-0.2, 0) is 21.2 Å².